The van der Waals surface area contributed by atoms with Crippen LogP contribution in [0.4, 0.5) is 0 Å². The molecule has 0 amide bonds. The van der Waals surface area contributed by atoms with Crippen molar-refractivity contribution in [1.82, 2.24) is 5.32 Å². The van der Waals surface area contributed by atoms with Gasteiger partial charge in [0, 0.05) is 12.1 Å². The highest BCUT2D eigenvalue weighted by molar-refractivity contribution is 7.99. The number of nitrogens with one attached hydrogen (secondary N) is 1. The molecule has 0 saturated heterocycles. The van der Waals surface area contributed by atoms with E-state index in [4.69, 9.17) is 4.74 Å². The van der Waals surface area contributed by atoms with Gasteiger partial charge < -0.3 is 10.1 Å². The monoisotopic (exact) mass is 295 g/mol. The Morgan fingerprint density at radius 1 is 1.30 bits per heavy atom. The first-order valence-corrected chi connectivity index (χ1v) is 8.80. The fourth-order valence-electron chi connectivity index (χ4n) is 2.03. The third kappa shape index (κ3) is 6.67. The van der Waals surface area contributed by atoms with Crippen molar-refractivity contribution in [3.63, 3.8) is 0 Å². The molecule has 0 aliphatic rings. The maximum absolute atomic E-state index is 6.02. The molecule has 1 aromatic carbocycles. The lowest BCUT2D eigenvalue weighted by Crippen LogP contribution is -2.19. The van der Waals surface area contributed by atoms with Gasteiger partial charge in [-0.1, -0.05) is 39.0 Å². The van der Waals surface area contributed by atoms with Crippen LogP contribution in [0.3, 0.4) is 0 Å². The van der Waals surface area contributed by atoms with Crippen LogP contribution in [0.25, 0.3) is 0 Å². The summed E-state index contributed by atoms with van der Waals surface area (Å²) in [5, 5.41) is 3.50. The lowest BCUT2D eigenvalue weighted by Gasteiger charge is -2.15. The van der Waals surface area contributed by atoms with E-state index in [1.54, 1.807) is 0 Å². The van der Waals surface area contributed by atoms with E-state index in [9.17, 15) is 0 Å². The highest BCUT2D eigenvalue weighted by atomic mass is 32.2. The molecule has 0 aliphatic carbocycles. The van der Waals surface area contributed by atoms with Crippen LogP contribution >= 0.6 is 11.8 Å². The van der Waals surface area contributed by atoms with Crippen LogP contribution in [-0.2, 0) is 6.54 Å². The molecule has 0 saturated carbocycles. The van der Waals surface area contributed by atoms with Crippen LogP contribution in [0.1, 0.15) is 38.3 Å². The lowest BCUT2D eigenvalue weighted by atomic mass is 10.1. The van der Waals surface area contributed by atoms with Gasteiger partial charge in [0.25, 0.3) is 0 Å². The topological polar surface area (TPSA) is 21.3 Å². The van der Waals surface area contributed by atoms with Crippen LogP contribution in [0.2, 0.25) is 0 Å². The molecule has 1 rings (SSSR count). The second kappa shape index (κ2) is 10.1. The molecule has 2 nitrogen and oxygen atoms in total. The number of benzene rings is 1. The molecule has 3 heteroatoms. The Morgan fingerprint density at radius 3 is 2.80 bits per heavy atom. The van der Waals surface area contributed by atoms with Gasteiger partial charge in [0.1, 0.15) is 5.75 Å². The Hall–Kier alpha value is -0.670. The zero-order valence-corrected chi connectivity index (χ0v) is 14.2. The number of rotatable bonds is 10. The summed E-state index contributed by atoms with van der Waals surface area (Å²) in [7, 11) is 0. The van der Waals surface area contributed by atoms with Gasteiger partial charge in [-0.05, 0) is 42.9 Å². The highest BCUT2D eigenvalue weighted by Crippen LogP contribution is 2.23. The summed E-state index contributed by atoms with van der Waals surface area (Å²) in [5.41, 5.74) is 2.51. The van der Waals surface area contributed by atoms with E-state index >= 15 is 0 Å². The largest absolute Gasteiger partial charge is 0.493 e. The van der Waals surface area contributed by atoms with Crippen LogP contribution in [0.15, 0.2) is 18.2 Å². The first-order valence-electron chi connectivity index (χ1n) is 7.64. The van der Waals surface area contributed by atoms with Gasteiger partial charge in [0.15, 0.2) is 0 Å². The summed E-state index contributed by atoms with van der Waals surface area (Å²) in [6.07, 6.45) is 1.12. The summed E-state index contributed by atoms with van der Waals surface area (Å²) < 4.78 is 6.02. The fourth-order valence-corrected chi connectivity index (χ4v) is 2.64. The van der Waals surface area contributed by atoms with Gasteiger partial charge in [-0.15, -0.1) is 0 Å². The third-order valence-electron chi connectivity index (χ3n) is 3.05. The van der Waals surface area contributed by atoms with Crippen molar-refractivity contribution < 1.29 is 4.74 Å². The minimum Gasteiger partial charge on any atom is -0.493 e. The molecule has 114 valence electrons. The molecule has 0 fully saturated rings. The molecular weight excluding hydrogens is 266 g/mol. The Balaban J connectivity index is 2.49. The van der Waals surface area contributed by atoms with E-state index in [0.717, 1.165) is 31.9 Å². The van der Waals surface area contributed by atoms with E-state index in [0.29, 0.717) is 5.92 Å². The zero-order chi connectivity index (χ0) is 14.8. The Labute approximate surface area is 128 Å². The van der Waals surface area contributed by atoms with Gasteiger partial charge >= 0.3 is 0 Å². The molecule has 0 unspecified atom stereocenters. The van der Waals surface area contributed by atoms with Crippen molar-refractivity contribution in [3.8, 4) is 5.75 Å². The summed E-state index contributed by atoms with van der Waals surface area (Å²) >= 11 is 1.98. The molecule has 0 atom stereocenters. The molecule has 1 aromatic rings. The van der Waals surface area contributed by atoms with Crippen molar-refractivity contribution in [3.05, 3.63) is 29.3 Å². The second-order valence-corrected chi connectivity index (χ2v) is 6.88. The van der Waals surface area contributed by atoms with Crippen molar-refractivity contribution in [2.75, 3.05) is 24.7 Å². The fraction of sp³-hybridized carbons (Fsp3) is 0.647. The molecular formula is C17H29NOS. The highest BCUT2D eigenvalue weighted by Gasteiger charge is 2.07. The molecule has 20 heavy (non-hydrogen) atoms. The first-order chi connectivity index (χ1) is 9.65. The van der Waals surface area contributed by atoms with E-state index in [-0.39, 0.29) is 0 Å². The Bertz CT molecular complexity index is 379. The zero-order valence-electron chi connectivity index (χ0n) is 13.4. The molecule has 0 aromatic heterocycles. The summed E-state index contributed by atoms with van der Waals surface area (Å²) in [5.74, 6) is 4.12. The van der Waals surface area contributed by atoms with Crippen LogP contribution < -0.4 is 10.1 Å². The third-order valence-corrected chi connectivity index (χ3v) is 4.03. The van der Waals surface area contributed by atoms with Gasteiger partial charge in [0.2, 0.25) is 0 Å². The van der Waals surface area contributed by atoms with Gasteiger partial charge in [-0.2, -0.15) is 11.8 Å². The van der Waals surface area contributed by atoms with Crippen molar-refractivity contribution in [2.45, 2.75) is 40.7 Å². The Kier molecular flexibility index (Phi) is 8.79. The SMILES string of the molecule is CCSCCCOc1c(C)cccc1CNCC(C)C. The summed E-state index contributed by atoms with van der Waals surface area (Å²) in [4.78, 5) is 0. The molecule has 1 N–H and O–H groups in total. The van der Waals surface area contributed by atoms with Crippen LogP contribution in [0, 0.1) is 12.8 Å². The second-order valence-electron chi connectivity index (χ2n) is 5.49. The maximum atomic E-state index is 6.02. The molecule has 0 spiro atoms. The average Bonchev–Trinajstić information content (AvgIpc) is 2.40. The normalized spacial score (nSPS) is 11.1. The van der Waals surface area contributed by atoms with Gasteiger partial charge in [0.05, 0.1) is 6.61 Å². The number of aryl methyl sites for hydroxylation is 1. The first kappa shape index (κ1) is 17.4. The minimum absolute atomic E-state index is 0.676. The molecule has 0 heterocycles. The predicted octanol–water partition coefficient (Wildman–Crippen LogP) is 4.26. The minimum atomic E-state index is 0.676. The van der Waals surface area contributed by atoms with Crippen molar-refractivity contribution in [1.29, 1.82) is 0 Å². The van der Waals surface area contributed by atoms with Crippen molar-refractivity contribution in [2.24, 2.45) is 5.92 Å². The van der Waals surface area contributed by atoms with Gasteiger partial charge in [-0.3, -0.25) is 0 Å². The van der Waals surface area contributed by atoms with Crippen LogP contribution in [0.5, 0.6) is 5.75 Å². The van der Waals surface area contributed by atoms with Crippen molar-refractivity contribution >= 4 is 11.8 Å². The lowest BCUT2D eigenvalue weighted by molar-refractivity contribution is 0.312. The number of para-hydroxylation sites is 1. The van der Waals surface area contributed by atoms with E-state index in [1.807, 2.05) is 11.8 Å². The number of hydrogen-bond donors (Lipinski definition) is 1. The number of hydrogen-bond acceptors (Lipinski definition) is 3. The molecule has 0 bridgehead atoms. The Morgan fingerprint density at radius 2 is 2.10 bits per heavy atom. The van der Waals surface area contributed by atoms with Crippen LogP contribution in [-0.4, -0.2) is 24.7 Å². The summed E-state index contributed by atoms with van der Waals surface area (Å²) in [6.45, 7) is 11.5. The summed E-state index contributed by atoms with van der Waals surface area (Å²) in [6, 6.07) is 6.40. The standard InChI is InChI=1S/C17H29NOS/c1-5-20-11-7-10-19-17-15(4)8-6-9-16(17)13-18-12-14(2)3/h6,8-9,14,18H,5,7,10-13H2,1-4H3. The average molecular weight is 295 g/mol. The smallest absolute Gasteiger partial charge is 0.126 e. The molecule has 0 radical (unpaired) electrons. The van der Waals surface area contributed by atoms with E-state index in [2.05, 4.69) is 51.2 Å². The maximum Gasteiger partial charge on any atom is 0.126 e. The van der Waals surface area contributed by atoms with Gasteiger partial charge in [-0.25, -0.2) is 0 Å². The number of thioether (sulfide) groups is 1. The number of ether oxygens (including phenoxy) is 1. The molecule has 0 aliphatic heterocycles. The quantitative estimate of drug-likeness (QED) is 0.652. The van der Waals surface area contributed by atoms with E-state index < -0.39 is 0 Å². The predicted molar refractivity (Wildman–Crippen MR) is 90.8 cm³/mol. The van der Waals surface area contributed by atoms with E-state index in [1.165, 1.54) is 22.6 Å².